The monoisotopic (exact) mass is 713 g/mol. The maximum Gasteiger partial charge on any atom is 0.323 e. The summed E-state index contributed by atoms with van der Waals surface area (Å²) in [4.78, 5) is 21.0. The fourth-order valence-electron chi connectivity index (χ4n) is 6.84. The lowest BCUT2D eigenvalue weighted by atomic mass is 9.80. The molecule has 4 heterocycles. The van der Waals surface area contributed by atoms with Crippen molar-refractivity contribution in [3.8, 4) is 22.5 Å². The van der Waals surface area contributed by atoms with Gasteiger partial charge in [0, 0.05) is 66.1 Å². The summed E-state index contributed by atoms with van der Waals surface area (Å²) in [5.41, 5.74) is 0.532. The molecule has 0 radical (unpaired) electrons. The van der Waals surface area contributed by atoms with Crippen LogP contribution in [-0.2, 0) is 18.1 Å². The van der Waals surface area contributed by atoms with Gasteiger partial charge >= 0.3 is 12.0 Å². The molecule has 1 fully saturated rings. The molecule has 12 nitrogen and oxygen atoms in total. The number of halogens is 3. The number of aromatic nitrogens is 5. The zero-order valence-electron chi connectivity index (χ0n) is 28.5. The average molecular weight is 714 g/mol. The number of hydrogen-bond acceptors (Lipinski definition) is 9. The van der Waals surface area contributed by atoms with Crippen molar-refractivity contribution >= 4 is 23.1 Å². The van der Waals surface area contributed by atoms with Crippen molar-refractivity contribution in [2.45, 2.75) is 50.5 Å². The van der Waals surface area contributed by atoms with Gasteiger partial charge in [0.2, 0.25) is 0 Å². The van der Waals surface area contributed by atoms with E-state index in [1.807, 2.05) is 55.5 Å². The van der Waals surface area contributed by atoms with Crippen molar-refractivity contribution in [2.75, 3.05) is 41.3 Å². The number of benzene rings is 3. The number of aliphatic hydroxyl groups is 2. The Morgan fingerprint density at radius 3 is 2.17 bits per heavy atom. The highest BCUT2D eigenvalue weighted by molar-refractivity contribution is 5.89. The molecule has 0 unspecified atom stereocenters. The van der Waals surface area contributed by atoms with Gasteiger partial charge in [-0.2, -0.15) is 8.78 Å². The smallest absolute Gasteiger partial charge is 0.323 e. The second kappa shape index (κ2) is 13.9. The Labute approximate surface area is 297 Å². The molecular weight excluding hydrogens is 675 g/mol. The van der Waals surface area contributed by atoms with Crippen molar-refractivity contribution in [3.63, 3.8) is 0 Å². The fraction of sp³-hybridized carbons (Fsp3) is 0.324. The highest BCUT2D eigenvalue weighted by Crippen LogP contribution is 2.50. The molecule has 15 heteroatoms. The molecule has 0 bridgehead atoms. The second-order valence-corrected chi connectivity index (χ2v) is 13.1. The molecule has 52 heavy (non-hydrogen) atoms. The Morgan fingerprint density at radius 1 is 0.942 bits per heavy atom. The minimum Gasteiger partial charge on any atom is -0.391 e. The van der Waals surface area contributed by atoms with Crippen LogP contribution >= 0.6 is 0 Å². The first-order chi connectivity index (χ1) is 25.0. The first kappa shape index (κ1) is 34.9. The van der Waals surface area contributed by atoms with Gasteiger partial charge in [0.25, 0.3) is 0 Å². The molecule has 2 aromatic heterocycles. The quantitative estimate of drug-likeness (QED) is 0.163. The molecule has 270 valence electrons. The Morgan fingerprint density at radius 2 is 1.58 bits per heavy atom. The van der Waals surface area contributed by atoms with Crippen LogP contribution in [0.3, 0.4) is 0 Å². The number of alkyl halides is 2. The van der Waals surface area contributed by atoms with Crippen LogP contribution in [0, 0.1) is 5.82 Å². The first-order valence-electron chi connectivity index (χ1n) is 17.1. The number of fused-ring (bicyclic) bond motifs is 3. The van der Waals surface area contributed by atoms with Crippen molar-refractivity contribution < 1.29 is 28.2 Å². The zero-order valence-corrected chi connectivity index (χ0v) is 28.5. The Hall–Kier alpha value is -5.54. The number of rotatable bonds is 9. The number of piperazine rings is 1. The molecule has 0 aliphatic carbocycles. The van der Waals surface area contributed by atoms with Gasteiger partial charge in [0.1, 0.15) is 11.5 Å². The van der Waals surface area contributed by atoms with Crippen LogP contribution in [0.4, 0.5) is 35.0 Å². The molecule has 0 saturated carbocycles. The van der Waals surface area contributed by atoms with E-state index in [1.165, 1.54) is 18.3 Å². The van der Waals surface area contributed by atoms with Gasteiger partial charge in [-0.15, -0.1) is 5.10 Å². The summed E-state index contributed by atoms with van der Waals surface area (Å²) in [7, 11) is 0. The maximum atomic E-state index is 16.1. The van der Waals surface area contributed by atoms with Crippen LogP contribution in [0.15, 0.2) is 85.1 Å². The topological polar surface area (TPSA) is 145 Å². The number of hydrogen-bond donors (Lipinski definition) is 4. The predicted octanol–water partition coefficient (Wildman–Crippen LogP) is 5.14. The molecule has 2 aliphatic heterocycles. The van der Waals surface area contributed by atoms with E-state index in [9.17, 15) is 19.4 Å². The van der Waals surface area contributed by atoms with Gasteiger partial charge in [-0.1, -0.05) is 31.2 Å². The Balaban J connectivity index is 0.972. The third-order valence-corrected chi connectivity index (χ3v) is 9.86. The highest BCUT2D eigenvalue weighted by atomic mass is 19.3. The van der Waals surface area contributed by atoms with Crippen LogP contribution in [0.2, 0.25) is 0 Å². The number of aliphatic hydroxyl groups excluding tert-OH is 1. The fourth-order valence-corrected chi connectivity index (χ4v) is 6.84. The summed E-state index contributed by atoms with van der Waals surface area (Å²) < 4.78 is 47.4. The second-order valence-electron chi connectivity index (χ2n) is 13.1. The van der Waals surface area contributed by atoms with E-state index in [0.717, 1.165) is 66.0 Å². The van der Waals surface area contributed by atoms with E-state index in [-0.39, 0.29) is 29.0 Å². The van der Waals surface area contributed by atoms with Crippen molar-refractivity contribution in [1.29, 1.82) is 0 Å². The minimum absolute atomic E-state index is 0.0126. The highest BCUT2D eigenvalue weighted by Gasteiger charge is 2.59. The van der Waals surface area contributed by atoms with Gasteiger partial charge in [0.05, 0.1) is 18.7 Å². The van der Waals surface area contributed by atoms with Crippen molar-refractivity contribution in [3.05, 3.63) is 102 Å². The predicted molar refractivity (Wildman–Crippen MR) is 189 cm³/mol. The normalized spacial score (nSPS) is 18.3. The van der Waals surface area contributed by atoms with Gasteiger partial charge in [-0.3, -0.25) is 4.98 Å². The van der Waals surface area contributed by atoms with Crippen LogP contribution < -0.4 is 20.4 Å². The number of amides is 2. The Bertz CT molecular complexity index is 2030. The number of urea groups is 1. The lowest BCUT2D eigenvalue weighted by molar-refractivity contribution is -0.207. The summed E-state index contributed by atoms with van der Waals surface area (Å²) in [6.07, 6.45) is 1.33. The molecule has 0 spiro atoms. The van der Waals surface area contributed by atoms with Crippen LogP contribution in [0.25, 0.3) is 22.5 Å². The van der Waals surface area contributed by atoms with Crippen LogP contribution in [0.5, 0.6) is 0 Å². The van der Waals surface area contributed by atoms with E-state index in [2.05, 4.69) is 40.9 Å². The zero-order chi connectivity index (χ0) is 36.6. The van der Waals surface area contributed by atoms with Crippen molar-refractivity contribution in [2.24, 2.45) is 0 Å². The standard InChI is InChI=1S/C37H38F3N9O3/c1-3-32(23(2)50)43-35(51)42-27-8-12-29(13-9-27)48-18-16-47(17-19-48)28-10-4-24(5-11-28)25-6-15-33(41-21-25)37(39,40)36(52)22-49-34(44-45-46-49)30-20-26(38)7-14-31(30)36/h4-15,20-21,23,32,50,52H,3,16-19,22H2,1-2H3,(H2,42,43,51)/t23-,32-,36-/m0/s1. The number of nitrogens with zero attached hydrogens (tertiary/aromatic N) is 7. The summed E-state index contributed by atoms with van der Waals surface area (Å²) in [6.45, 7) is 6.07. The summed E-state index contributed by atoms with van der Waals surface area (Å²) in [6, 6.07) is 20.7. The van der Waals surface area contributed by atoms with E-state index in [4.69, 9.17) is 0 Å². The average Bonchev–Trinajstić information content (AvgIpc) is 3.63. The van der Waals surface area contributed by atoms with E-state index >= 15 is 8.78 Å². The van der Waals surface area contributed by atoms with E-state index in [0.29, 0.717) is 17.7 Å². The Kier molecular flexibility index (Phi) is 9.31. The number of nitrogens with one attached hydrogen (secondary N) is 2. The first-order valence-corrected chi connectivity index (χ1v) is 17.1. The van der Waals surface area contributed by atoms with Crippen LogP contribution in [0.1, 0.15) is 31.5 Å². The molecule has 4 N–H and O–H groups in total. The number of carbonyl (C=O) groups excluding carboxylic acids is 1. The van der Waals surface area contributed by atoms with E-state index in [1.54, 1.807) is 6.92 Å². The van der Waals surface area contributed by atoms with E-state index < -0.39 is 35.7 Å². The van der Waals surface area contributed by atoms with Gasteiger partial charge in [-0.25, -0.2) is 13.9 Å². The number of anilines is 3. The molecular formula is C37H38F3N9O3. The summed E-state index contributed by atoms with van der Waals surface area (Å²) >= 11 is 0. The third kappa shape index (κ3) is 6.52. The SMILES string of the molecule is CC[C@H](NC(=O)Nc1ccc(N2CCN(c3ccc(-c4ccc(C(F)(F)[C@]5(O)Cn6nnnc6-c6cc(F)ccc65)nc4)cc3)CC2)cc1)[C@H](C)O. The molecule has 7 rings (SSSR count). The largest absolute Gasteiger partial charge is 0.391 e. The number of carbonyl (C=O) groups is 1. The number of pyridine rings is 1. The molecule has 3 atom stereocenters. The maximum absolute atomic E-state index is 16.1. The van der Waals surface area contributed by atoms with Crippen molar-refractivity contribution in [1.82, 2.24) is 30.5 Å². The van der Waals surface area contributed by atoms with Gasteiger partial charge < -0.3 is 30.6 Å². The lowest BCUT2D eigenvalue weighted by Crippen LogP contribution is -2.49. The number of tetrazole rings is 1. The molecule has 2 amide bonds. The molecule has 3 aromatic carbocycles. The summed E-state index contributed by atoms with van der Waals surface area (Å²) in [5, 5.41) is 37.9. The van der Waals surface area contributed by atoms with Crippen LogP contribution in [-0.4, -0.2) is 79.8 Å². The molecule has 2 aliphatic rings. The lowest BCUT2D eigenvalue weighted by Gasteiger charge is -2.39. The third-order valence-electron chi connectivity index (χ3n) is 9.86. The summed E-state index contributed by atoms with van der Waals surface area (Å²) in [5.74, 6) is -4.45. The molecule has 1 saturated heterocycles. The molecule has 5 aromatic rings. The van der Waals surface area contributed by atoms with Gasteiger partial charge in [0.15, 0.2) is 11.4 Å². The minimum atomic E-state index is -3.87. The van der Waals surface area contributed by atoms with Gasteiger partial charge in [-0.05, 0) is 83.9 Å².